The molecule has 1 aliphatic rings. The molecule has 0 atom stereocenters. The van der Waals surface area contributed by atoms with E-state index in [2.05, 4.69) is 27.2 Å². The van der Waals surface area contributed by atoms with Gasteiger partial charge in [0.25, 0.3) is 0 Å². The Balaban J connectivity index is 1.82. The number of rotatable bonds is 2. The van der Waals surface area contributed by atoms with Gasteiger partial charge in [-0.2, -0.15) is 0 Å². The monoisotopic (exact) mass is 230 g/mol. The first-order valence-corrected chi connectivity index (χ1v) is 6.40. The Morgan fingerprint density at radius 2 is 2.12 bits per heavy atom. The summed E-state index contributed by atoms with van der Waals surface area (Å²) >= 11 is 0. The van der Waals surface area contributed by atoms with E-state index in [9.17, 15) is 0 Å². The Morgan fingerprint density at radius 3 is 2.94 bits per heavy atom. The Morgan fingerprint density at radius 1 is 1.29 bits per heavy atom. The van der Waals surface area contributed by atoms with E-state index in [4.69, 9.17) is 0 Å². The van der Waals surface area contributed by atoms with Crippen LogP contribution in [0.5, 0.6) is 0 Å². The van der Waals surface area contributed by atoms with Crippen molar-refractivity contribution in [2.24, 2.45) is 0 Å². The highest BCUT2D eigenvalue weighted by atomic mass is 15.1. The Labute approximate surface area is 101 Å². The molecule has 1 aliphatic carbocycles. The van der Waals surface area contributed by atoms with Gasteiger partial charge in [-0.3, -0.25) is 0 Å². The third-order valence-electron chi connectivity index (χ3n) is 3.53. The van der Waals surface area contributed by atoms with E-state index < -0.39 is 0 Å². The molecule has 0 radical (unpaired) electrons. The minimum atomic E-state index is 0.578. The summed E-state index contributed by atoms with van der Waals surface area (Å²) in [5, 5.41) is 3.50. The third-order valence-corrected chi connectivity index (χ3v) is 3.53. The molecule has 0 bridgehead atoms. The molecule has 1 fully saturated rings. The van der Waals surface area contributed by atoms with Crippen LogP contribution in [-0.2, 0) is 0 Å². The summed E-state index contributed by atoms with van der Waals surface area (Å²) in [7, 11) is 0. The molecule has 0 aromatic carbocycles. The van der Waals surface area contributed by atoms with Crippen molar-refractivity contribution in [2.75, 3.05) is 5.32 Å². The summed E-state index contributed by atoms with van der Waals surface area (Å²) in [5.74, 6) is 0.909. The SMILES string of the molecule is Cc1c[nH]c2ncc(NC3CCCCC3)nc12. The molecule has 3 rings (SSSR count). The van der Waals surface area contributed by atoms with Gasteiger partial charge in [-0.1, -0.05) is 19.3 Å². The summed E-state index contributed by atoms with van der Waals surface area (Å²) < 4.78 is 0. The highest BCUT2D eigenvalue weighted by Gasteiger charge is 2.14. The van der Waals surface area contributed by atoms with Gasteiger partial charge in [0.15, 0.2) is 5.65 Å². The van der Waals surface area contributed by atoms with Crippen molar-refractivity contribution in [3.05, 3.63) is 18.0 Å². The lowest BCUT2D eigenvalue weighted by Crippen LogP contribution is -2.22. The van der Waals surface area contributed by atoms with Gasteiger partial charge >= 0.3 is 0 Å². The van der Waals surface area contributed by atoms with Crippen molar-refractivity contribution >= 4 is 17.0 Å². The van der Waals surface area contributed by atoms with Crippen LogP contribution >= 0.6 is 0 Å². The molecule has 2 aromatic rings. The number of aromatic amines is 1. The molecule has 0 unspecified atom stereocenters. The smallest absolute Gasteiger partial charge is 0.156 e. The van der Waals surface area contributed by atoms with Crippen molar-refractivity contribution in [2.45, 2.75) is 45.1 Å². The highest BCUT2D eigenvalue weighted by Crippen LogP contribution is 2.21. The number of aromatic nitrogens is 3. The Kier molecular flexibility index (Phi) is 2.71. The number of anilines is 1. The van der Waals surface area contributed by atoms with Gasteiger partial charge in [0.05, 0.1) is 6.20 Å². The molecule has 4 heteroatoms. The van der Waals surface area contributed by atoms with E-state index >= 15 is 0 Å². The van der Waals surface area contributed by atoms with Crippen LogP contribution in [0.25, 0.3) is 11.2 Å². The molecule has 90 valence electrons. The van der Waals surface area contributed by atoms with Crippen LogP contribution in [-0.4, -0.2) is 21.0 Å². The van der Waals surface area contributed by atoms with Crippen molar-refractivity contribution in [1.29, 1.82) is 0 Å². The predicted molar refractivity (Wildman–Crippen MR) is 69.1 cm³/mol. The second kappa shape index (κ2) is 4.35. The van der Waals surface area contributed by atoms with E-state index in [1.165, 1.54) is 32.1 Å². The van der Waals surface area contributed by atoms with Crippen molar-refractivity contribution in [3.8, 4) is 0 Å². The molecule has 17 heavy (non-hydrogen) atoms. The lowest BCUT2D eigenvalue weighted by Gasteiger charge is -2.23. The molecule has 0 spiro atoms. The fraction of sp³-hybridized carbons (Fsp3) is 0.538. The maximum Gasteiger partial charge on any atom is 0.156 e. The minimum Gasteiger partial charge on any atom is -0.366 e. The number of hydrogen-bond donors (Lipinski definition) is 2. The fourth-order valence-electron chi connectivity index (χ4n) is 2.54. The molecule has 2 N–H and O–H groups in total. The van der Waals surface area contributed by atoms with Gasteiger partial charge in [-0.25, -0.2) is 9.97 Å². The van der Waals surface area contributed by atoms with Crippen LogP contribution in [0.1, 0.15) is 37.7 Å². The van der Waals surface area contributed by atoms with Crippen LogP contribution in [0.3, 0.4) is 0 Å². The van der Waals surface area contributed by atoms with Gasteiger partial charge in [0.1, 0.15) is 11.3 Å². The lowest BCUT2D eigenvalue weighted by atomic mass is 9.96. The van der Waals surface area contributed by atoms with Crippen molar-refractivity contribution in [3.63, 3.8) is 0 Å². The minimum absolute atomic E-state index is 0.578. The highest BCUT2D eigenvalue weighted by molar-refractivity contribution is 5.76. The summed E-state index contributed by atoms with van der Waals surface area (Å²) in [6.07, 6.45) is 10.3. The zero-order chi connectivity index (χ0) is 11.7. The number of aryl methyl sites for hydroxylation is 1. The summed E-state index contributed by atoms with van der Waals surface area (Å²) in [6.45, 7) is 2.05. The largest absolute Gasteiger partial charge is 0.366 e. The van der Waals surface area contributed by atoms with Crippen LogP contribution in [0.2, 0.25) is 0 Å². The number of H-pyrrole nitrogens is 1. The van der Waals surface area contributed by atoms with E-state index in [0.717, 1.165) is 22.5 Å². The van der Waals surface area contributed by atoms with Gasteiger partial charge in [-0.15, -0.1) is 0 Å². The molecule has 2 heterocycles. The first-order chi connectivity index (χ1) is 8.33. The van der Waals surface area contributed by atoms with Crippen LogP contribution in [0.15, 0.2) is 12.4 Å². The molecule has 1 saturated carbocycles. The Hall–Kier alpha value is -1.58. The van der Waals surface area contributed by atoms with Crippen LogP contribution in [0.4, 0.5) is 5.82 Å². The van der Waals surface area contributed by atoms with Crippen molar-refractivity contribution in [1.82, 2.24) is 15.0 Å². The standard InChI is InChI=1S/C13H18N4/c1-9-7-14-13-12(9)17-11(8-15-13)16-10-5-3-2-4-6-10/h7-8,10H,2-6H2,1H3,(H,14,15)(H,16,17). The number of fused-ring (bicyclic) bond motifs is 1. The predicted octanol–water partition coefficient (Wildman–Crippen LogP) is 3.01. The third kappa shape index (κ3) is 2.12. The average molecular weight is 230 g/mol. The quantitative estimate of drug-likeness (QED) is 0.833. The van der Waals surface area contributed by atoms with Gasteiger partial charge in [-0.05, 0) is 25.3 Å². The maximum atomic E-state index is 4.62. The molecule has 2 aromatic heterocycles. The van der Waals surface area contributed by atoms with Gasteiger partial charge < -0.3 is 10.3 Å². The number of nitrogens with zero attached hydrogens (tertiary/aromatic N) is 2. The lowest BCUT2D eigenvalue weighted by molar-refractivity contribution is 0.462. The molecular weight excluding hydrogens is 212 g/mol. The normalized spacial score (nSPS) is 17.5. The van der Waals surface area contributed by atoms with Crippen LogP contribution < -0.4 is 5.32 Å². The number of hydrogen-bond acceptors (Lipinski definition) is 3. The first-order valence-electron chi connectivity index (χ1n) is 6.40. The van der Waals surface area contributed by atoms with E-state index in [0.29, 0.717) is 6.04 Å². The molecule has 0 aliphatic heterocycles. The van der Waals surface area contributed by atoms with E-state index in [1.807, 2.05) is 12.4 Å². The molecular formula is C13H18N4. The average Bonchev–Trinajstić information content (AvgIpc) is 2.73. The van der Waals surface area contributed by atoms with E-state index in [-0.39, 0.29) is 0 Å². The summed E-state index contributed by atoms with van der Waals surface area (Å²) in [5.41, 5.74) is 3.00. The zero-order valence-corrected chi connectivity index (χ0v) is 10.2. The fourth-order valence-corrected chi connectivity index (χ4v) is 2.54. The van der Waals surface area contributed by atoms with Gasteiger partial charge in [0, 0.05) is 12.2 Å². The van der Waals surface area contributed by atoms with Crippen molar-refractivity contribution < 1.29 is 0 Å². The maximum absolute atomic E-state index is 4.62. The molecule has 0 saturated heterocycles. The second-order valence-corrected chi connectivity index (χ2v) is 4.90. The molecule has 4 nitrogen and oxygen atoms in total. The summed E-state index contributed by atoms with van der Waals surface area (Å²) in [6, 6.07) is 0.578. The number of nitrogens with one attached hydrogen (secondary N) is 2. The second-order valence-electron chi connectivity index (χ2n) is 4.90. The summed E-state index contributed by atoms with van der Waals surface area (Å²) in [4.78, 5) is 12.1. The van der Waals surface area contributed by atoms with Gasteiger partial charge in [0.2, 0.25) is 0 Å². The topological polar surface area (TPSA) is 53.6 Å². The zero-order valence-electron chi connectivity index (χ0n) is 10.2. The Bertz CT molecular complexity index is 511. The van der Waals surface area contributed by atoms with E-state index in [1.54, 1.807) is 0 Å². The first kappa shape index (κ1) is 10.6. The van der Waals surface area contributed by atoms with Crippen LogP contribution in [0, 0.1) is 6.92 Å². The molecule has 0 amide bonds.